The molecule has 2 rings (SSSR count). The summed E-state index contributed by atoms with van der Waals surface area (Å²) < 4.78 is 32.7. The maximum Gasteiger partial charge on any atom is 0.252 e. The van der Waals surface area contributed by atoms with Crippen molar-refractivity contribution in [2.45, 2.75) is 37.6 Å². The first kappa shape index (κ1) is 18.7. The van der Waals surface area contributed by atoms with Gasteiger partial charge in [0.2, 0.25) is 10.0 Å². The van der Waals surface area contributed by atoms with Gasteiger partial charge in [0.25, 0.3) is 5.91 Å². The molecule has 134 valence electrons. The van der Waals surface area contributed by atoms with Crippen molar-refractivity contribution in [1.29, 1.82) is 0 Å². The van der Waals surface area contributed by atoms with E-state index in [9.17, 15) is 13.2 Å². The average molecular weight is 355 g/mol. The summed E-state index contributed by atoms with van der Waals surface area (Å²) in [5, 5.41) is 3.36. The van der Waals surface area contributed by atoms with Crippen molar-refractivity contribution in [3.05, 3.63) is 23.8 Å². The summed E-state index contributed by atoms with van der Waals surface area (Å²) in [4.78, 5) is 11.5. The van der Waals surface area contributed by atoms with E-state index >= 15 is 0 Å². The van der Waals surface area contributed by atoms with Crippen molar-refractivity contribution in [1.82, 2.24) is 10.0 Å². The van der Waals surface area contributed by atoms with E-state index in [4.69, 9.17) is 10.5 Å². The number of benzene rings is 1. The third-order valence-electron chi connectivity index (χ3n) is 4.56. The lowest BCUT2D eigenvalue weighted by atomic mass is 9.78. The van der Waals surface area contributed by atoms with Gasteiger partial charge >= 0.3 is 0 Å². The fourth-order valence-electron chi connectivity index (χ4n) is 2.94. The van der Waals surface area contributed by atoms with E-state index in [2.05, 4.69) is 23.9 Å². The van der Waals surface area contributed by atoms with Gasteiger partial charge in [0.1, 0.15) is 5.75 Å². The molecule has 0 spiro atoms. The van der Waals surface area contributed by atoms with E-state index in [1.54, 1.807) is 0 Å². The molecular weight excluding hydrogens is 330 g/mol. The van der Waals surface area contributed by atoms with E-state index < -0.39 is 15.9 Å². The van der Waals surface area contributed by atoms with Gasteiger partial charge in [-0.25, -0.2) is 13.1 Å². The molecule has 1 amide bonds. The number of piperidine rings is 1. The molecule has 7 nitrogen and oxygen atoms in total. The van der Waals surface area contributed by atoms with Gasteiger partial charge < -0.3 is 15.8 Å². The van der Waals surface area contributed by atoms with Crippen LogP contribution in [0.4, 0.5) is 0 Å². The molecule has 1 aromatic carbocycles. The van der Waals surface area contributed by atoms with Gasteiger partial charge in [-0.1, -0.05) is 13.8 Å². The number of carbonyl (C=O) groups is 1. The highest BCUT2D eigenvalue weighted by molar-refractivity contribution is 7.89. The molecule has 0 bridgehead atoms. The van der Waals surface area contributed by atoms with E-state index in [-0.39, 0.29) is 34.2 Å². The fourth-order valence-corrected chi connectivity index (χ4v) is 4.02. The van der Waals surface area contributed by atoms with Gasteiger partial charge in [0.15, 0.2) is 0 Å². The lowest BCUT2D eigenvalue weighted by Crippen LogP contribution is -2.52. The first-order chi connectivity index (χ1) is 11.2. The predicted molar refractivity (Wildman–Crippen MR) is 91.5 cm³/mol. The zero-order chi connectivity index (χ0) is 18.0. The normalized spacial score (nSPS) is 20.5. The Morgan fingerprint density at radius 1 is 1.46 bits per heavy atom. The molecular formula is C16H25N3O4S. The maximum absolute atomic E-state index is 12.5. The van der Waals surface area contributed by atoms with Crippen LogP contribution in [-0.4, -0.2) is 40.6 Å². The minimum absolute atomic E-state index is 0.00860. The van der Waals surface area contributed by atoms with Crippen LogP contribution in [0.5, 0.6) is 5.75 Å². The second kappa shape index (κ2) is 7.08. The van der Waals surface area contributed by atoms with Crippen LogP contribution in [0.1, 0.15) is 37.0 Å². The Bertz CT molecular complexity index is 716. The van der Waals surface area contributed by atoms with Crippen molar-refractivity contribution in [2.75, 3.05) is 20.2 Å². The Morgan fingerprint density at radius 2 is 2.17 bits per heavy atom. The third kappa shape index (κ3) is 4.06. The Balaban J connectivity index is 2.18. The van der Waals surface area contributed by atoms with E-state index in [0.29, 0.717) is 0 Å². The molecule has 1 unspecified atom stereocenters. The van der Waals surface area contributed by atoms with Gasteiger partial charge in [0.05, 0.1) is 17.6 Å². The van der Waals surface area contributed by atoms with Crippen LogP contribution in [0.2, 0.25) is 0 Å². The molecule has 1 heterocycles. The van der Waals surface area contributed by atoms with E-state index in [0.717, 1.165) is 19.4 Å². The second-order valence-electron chi connectivity index (χ2n) is 6.68. The molecule has 4 N–H and O–H groups in total. The molecule has 0 aliphatic carbocycles. The number of ether oxygens (including phenoxy) is 1. The maximum atomic E-state index is 12.5. The molecule has 1 aromatic rings. The quantitative estimate of drug-likeness (QED) is 0.701. The van der Waals surface area contributed by atoms with Crippen LogP contribution >= 0.6 is 0 Å². The zero-order valence-electron chi connectivity index (χ0n) is 14.3. The number of primary amides is 1. The number of methoxy groups -OCH3 is 1. The lowest BCUT2D eigenvalue weighted by molar-refractivity contribution is 0.0997. The van der Waals surface area contributed by atoms with Crippen LogP contribution in [0.25, 0.3) is 0 Å². The summed E-state index contributed by atoms with van der Waals surface area (Å²) in [5.41, 5.74) is 5.34. The highest BCUT2D eigenvalue weighted by Gasteiger charge is 2.32. The Hall–Kier alpha value is -1.64. The van der Waals surface area contributed by atoms with E-state index in [1.807, 2.05) is 0 Å². The predicted octanol–water partition coefficient (Wildman–Crippen LogP) is 0.851. The third-order valence-corrected chi connectivity index (χ3v) is 5.98. The first-order valence-corrected chi connectivity index (χ1v) is 9.36. The standard InChI is InChI=1S/C16H25N3O4S/c1-16(2)7-4-8-18-14(16)10-19-24(21,22)11-5-6-13(23-3)12(9-11)15(17)20/h5-6,9,14,18-19H,4,7-8,10H2,1-3H3,(H2,17,20). The molecule has 1 saturated heterocycles. The average Bonchev–Trinajstić information content (AvgIpc) is 2.52. The number of amides is 1. The highest BCUT2D eigenvalue weighted by atomic mass is 32.2. The summed E-state index contributed by atoms with van der Waals surface area (Å²) in [6.07, 6.45) is 2.12. The summed E-state index contributed by atoms with van der Waals surface area (Å²) in [6, 6.07) is 4.11. The molecule has 24 heavy (non-hydrogen) atoms. The minimum Gasteiger partial charge on any atom is -0.496 e. The summed E-state index contributed by atoms with van der Waals surface area (Å²) in [6.45, 7) is 5.41. The van der Waals surface area contributed by atoms with Crippen LogP contribution in [0, 0.1) is 5.41 Å². The fraction of sp³-hybridized carbons (Fsp3) is 0.562. The van der Waals surface area contributed by atoms with Crippen molar-refractivity contribution in [3.63, 3.8) is 0 Å². The molecule has 1 atom stereocenters. The number of carbonyl (C=O) groups excluding carboxylic acids is 1. The van der Waals surface area contributed by atoms with Crippen LogP contribution in [0.15, 0.2) is 23.1 Å². The van der Waals surface area contributed by atoms with Gasteiger partial charge in [-0.2, -0.15) is 0 Å². The van der Waals surface area contributed by atoms with Crippen molar-refractivity contribution < 1.29 is 17.9 Å². The smallest absolute Gasteiger partial charge is 0.252 e. The highest BCUT2D eigenvalue weighted by Crippen LogP contribution is 2.30. The van der Waals surface area contributed by atoms with Gasteiger partial charge in [-0.3, -0.25) is 4.79 Å². The first-order valence-electron chi connectivity index (χ1n) is 7.88. The summed E-state index contributed by atoms with van der Waals surface area (Å²) in [5.74, 6) is -0.490. The molecule has 1 aliphatic rings. The number of nitrogens with one attached hydrogen (secondary N) is 2. The number of hydrogen-bond donors (Lipinski definition) is 3. The summed E-state index contributed by atoms with van der Waals surface area (Å²) in [7, 11) is -2.35. The van der Waals surface area contributed by atoms with Crippen molar-refractivity contribution in [3.8, 4) is 5.75 Å². The SMILES string of the molecule is COc1ccc(S(=O)(=O)NCC2NCCCC2(C)C)cc1C(N)=O. The Kier molecular flexibility index (Phi) is 5.52. The Morgan fingerprint density at radius 3 is 2.75 bits per heavy atom. The summed E-state index contributed by atoms with van der Waals surface area (Å²) >= 11 is 0. The topological polar surface area (TPSA) is 111 Å². The largest absolute Gasteiger partial charge is 0.496 e. The van der Waals surface area contributed by atoms with Crippen LogP contribution < -0.4 is 20.5 Å². The number of sulfonamides is 1. The van der Waals surface area contributed by atoms with Crippen LogP contribution in [0.3, 0.4) is 0 Å². The molecule has 0 radical (unpaired) electrons. The molecule has 8 heteroatoms. The molecule has 1 fully saturated rings. The van der Waals surface area contributed by atoms with Crippen LogP contribution in [-0.2, 0) is 10.0 Å². The second-order valence-corrected chi connectivity index (χ2v) is 8.44. The van der Waals surface area contributed by atoms with E-state index in [1.165, 1.54) is 25.3 Å². The molecule has 0 aromatic heterocycles. The lowest BCUT2D eigenvalue weighted by Gasteiger charge is -2.39. The number of rotatable bonds is 6. The molecule has 0 saturated carbocycles. The monoisotopic (exact) mass is 355 g/mol. The van der Waals surface area contributed by atoms with Crippen molar-refractivity contribution in [2.24, 2.45) is 11.1 Å². The zero-order valence-corrected chi connectivity index (χ0v) is 15.1. The number of hydrogen-bond acceptors (Lipinski definition) is 5. The minimum atomic E-state index is -3.74. The number of nitrogens with two attached hydrogens (primary N) is 1. The Labute approximate surface area is 143 Å². The van der Waals surface area contributed by atoms with Gasteiger partial charge in [-0.05, 0) is 43.0 Å². The van der Waals surface area contributed by atoms with Crippen molar-refractivity contribution >= 4 is 15.9 Å². The van der Waals surface area contributed by atoms with Gasteiger partial charge in [0, 0.05) is 12.6 Å². The van der Waals surface area contributed by atoms with Gasteiger partial charge in [-0.15, -0.1) is 0 Å². The molecule has 1 aliphatic heterocycles.